The van der Waals surface area contributed by atoms with E-state index in [9.17, 15) is 0 Å². The Morgan fingerprint density at radius 1 is 1.00 bits per heavy atom. The zero-order valence-electron chi connectivity index (χ0n) is 8.82. The average molecular weight is 198 g/mol. The van der Waals surface area contributed by atoms with Crippen LogP contribution in [0.15, 0.2) is 42.5 Å². The molecule has 0 unspecified atom stereocenters. The molecule has 1 nitrogen and oxygen atoms in total. The van der Waals surface area contributed by atoms with Crippen molar-refractivity contribution < 1.29 is 5.32 Å². The Hall–Kier alpha value is -1.34. The average Bonchev–Trinajstić information content (AvgIpc) is 2.82. The molecular formula is C14H16N+. The van der Waals surface area contributed by atoms with Crippen LogP contribution in [0.1, 0.15) is 24.4 Å². The summed E-state index contributed by atoms with van der Waals surface area (Å²) in [6.07, 6.45) is 2.68. The number of fused-ring (bicyclic) bond motifs is 1. The van der Waals surface area contributed by atoms with Gasteiger partial charge in [-0.05, 0) is 10.8 Å². The first-order valence-electron chi connectivity index (χ1n) is 5.76. The third-order valence-corrected chi connectivity index (χ3v) is 3.39. The van der Waals surface area contributed by atoms with Crippen molar-refractivity contribution in [3.63, 3.8) is 0 Å². The molecule has 1 saturated heterocycles. The van der Waals surface area contributed by atoms with Gasteiger partial charge in [0.25, 0.3) is 0 Å². The second-order valence-electron chi connectivity index (χ2n) is 4.34. The number of hydrogen-bond donors (Lipinski definition) is 1. The lowest BCUT2D eigenvalue weighted by Crippen LogP contribution is -2.81. The molecule has 0 spiro atoms. The summed E-state index contributed by atoms with van der Waals surface area (Å²) in [7, 11) is 0. The van der Waals surface area contributed by atoms with Crippen molar-refractivity contribution in [2.45, 2.75) is 18.9 Å². The Labute approximate surface area is 90.1 Å². The predicted octanol–water partition coefficient (Wildman–Crippen LogP) is 2.24. The molecular weight excluding hydrogens is 182 g/mol. The molecule has 2 aromatic carbocycles. The van der Waals surface area contributed by atoms with E-state index >= 15 is 0 Å². The third-order valence-electron chi connectivity index (χ3n) is 3.39. The SMILES string of the molecule is c1ccc2c([C@H]3CCC[NH2+]3)cccc2c1. The van der Waals surface area contributed by atoms with Gasteiger partial charge in [-0.1, -0.05) is 42.5 Å². The van der Waals surface area contributed by atoms with Gasteiger partial charge in [0.15, 0.2) is 0 Å². The lowest BCUT2D eigenvalue weighted by molar-refractivity contribution is -0.676. The number of hydrogen-bond acceptors (Lipinski definition) is 0. The second kappa shape index (κ2) is 3.67. The topological polar surface area (TPSA) is 16.6 Å². The van der Waals surface area contributed by atoms with Crippen LogP contribution in [-0.4, -0.2) is 6.54 Å². The minimum absolute atomic E-state index is 0.691. The summed E-state index contributed by atoms with van der Waals surface area (Å²) in [5.41, 5.74) is 1.52. The van der Waals surface area contributed by atoms with Crippen molar-refractivity contribution >= 4 is 10.8 Å². The quantitative estimate of drug-likeness (QED) is 0.723. The second-order valence-corrected chi connectivity index (χ2v) is 4.34. The Bertz CT molecular complexity index is 464. The van der Waals surface area contributed by atoms with Gasteiger partial charge in [-0.2, -0.15) is 0 Å². The zero-order valence-corrected chi connectivity index (χ0v) is 8.82. The number of quaternary nitrogens is 1. The first-order chi connectivity index (χ1) is 7.45. The maximum Gasteiger partial charge on any atom is 0.112 e. The van der Waals surface area contributed by atoms with Gasteiger partial charge in [0, 0.05) is 18.4 Å². The molecule has 1 atom stereocenters. The molecule has 1 fully saturated rings. The van der Waals surface area contributed by atoms with E-state index in [2.05, 4.69) is 47.8 Å². The first kappa shape index (κ1) is 8.93. The van der Waals surface area contributed by atoms with Crippen LogP contribution in [0.25, 0.3) is 10.8 Å². The van der Waals surface area contributed by atoms with Gasteiger partial charge in [-0.3, -0.25) is 0 Å². The number of benzene rings is 2. The predicted molar refractivity (Wildman–Crippen MR) is 62.7 cm³/mol. The maximum absolute atomic E-state index is 2.47. The third kappa shape index (κ3) is 1.53. The molecule has 1 aliphatic rings. The monoisotopic (exact) mass is 198 g/mol. The fraction of sp³-hybridized carbons (Fsp3) is 0.286. The highest BCUT2D eigenvalue weighted by Crippen LogP contribution is 2.25. The van der Waals surface area contributed by atoms with E-state index in [1.54, 1.807) is 0 Å². The van der Waals surface area contributed by atoms with E-state index < -0.39 is 0 Å². The molecule has 1 aliphatic heterocycles. The lowest BCUT2D eigenvalue weighted by atomic mass is 9.98. The van der Waals surface area contributed by atoms with E-state index in [-0.39, 0.29) is 0 Å². The van der Waals surface area contributed by atoms with E-state index in [4.69, 9.17) is 0 Å². The van der Waals surface area contributed by atoms with Crippen molar-refractivity contribution in [2.75, 3.05) is 6.54 Å². The Morgan fingerprint density at radius 2 is 1.87 bits per heavy atom. The van der Waals surface area contributed by atoms with Crippen LogP contribution in [0.2, 0.25) is 0 Å². The maximum atomic E-state index is 2.47. The van der Waals surface area contributed by atoms with Crippen LogP contribution in [0.3, 0.4) is 0 Å². The fourth-order valence-corrected chi connectivity index (χ4v) is 2.63. The summed E-state index contributed by atoms with van der Waals surface area (Å²) in [5.74, 6) is 0. The van der Waals surface area contributed by atoms with E-state index in [0.29, 0.717) is 6.04 Å². The molecule has 1 heteroatoms. The summed E-state index contributed by atoms with van der Waals surface area (Å²) in [6.45, 7) is 1.29. The molecule has 0 aromatic heterocycles. The Balaban J connectivity index is 2.16. The summed E-state index contributed by atoms with van der Waals surface area (Å²) in [5, 5.41) is 5.28. The van der Waals surface area contributed by atoms with E-state index in [1.807, 2.05) is 0 Å². The molecule has 0 amide bonds. The summed E-state index contributed by atoms with van der Waals surface area (Å²) in [4.78, 5) is 0. The van der Waals surface area contributed by atoms with Crippen molar-refractivity contribution in [3.8, 4) is 0 Å². The van der Waals surface area contributed by atoms with Gasteiger partial charge >= 0.3 is 0 Å². The highest BCUT2D eigenvalue weighted by atomic mass is 14.9. The molecule has 76 valence electrons. The molecule has 0 bridgehead atoms. The van der Waals surface area contributed by atoms with Crippen molar-refractivity contribution in [3.05, 3.63) is 48.0 Å². The van der Waals surface area contributed by atoms with Crippen molar-refractivity contribution in [1.29, 1.82) is 0 Å². The molecule has 2 N–H and O–H groups in total. The summed E-state index contributed by atoms with van der Waals surface area (Å²) >= 11 is 0. The Morgan fingerprint density at radius 3 is 2.73 bits per heavy atom. The number of rotatable bonds is 1. The minimum Gasteiger partial charge on any atom is -0.340 e. The van der Waals surface area contributed by atoms with Gasteiger partial charge in [-0.25, -0.2) is 0 Å². The molecule has 0 radical (unpaired) electrons. The number of nitrogens with two attached hydrogens (primary N) is 1. The smallest absolute Gasteiger partial charge is 0.112 e. The van der Waals surface area contributed by atoms with Gasteiger partial charge in [0.2, 0.25) is 0 Å². The molecule has 0 aliphatic carbocycles. The van der Waals surface area contributed by atoms with E-state index in [0.717, 1.165) is 0 Å². The highest BCUT2D eigenvalue weighted by Gasteiger charge is 2.21. The molecule has 15 heavy (non-hydrogen) atoms. The summed E-state index contributed by atoms with van der Waals surface area (Å²) < 4.78 is 0. The standard InChI is InChI=1S/C14H15N/c1-2-7-12-11(5-1)6-3-8-13(12)14-9-4-10-15-14/h1-3,5-8,14-15H,4,9-10H2/p+1/t14-/m1/s1. The van der Waals surface area contributed by atoms with Crippen LogP contribution in [-0.2, 0) is 0 Å². The van der Waals surface area contributed by atoms with Gasteiger partial charge in [-0.15, -0.1) is 0 Å². The fourth-order valence-electron chi connectivity index (χ4n) is 2.63. The molecule has 3 rings (SSSR count). The first-order valence-corrected chi connectivity index (χ1v) is 5.76. The highest BCUT2D eigenvalue weighted by molar-refractivity contribution is 5.85. The molecule has 1 heterocycles. The molecule has 0 saturated carbocycles. The van der Waals surface area contributed by atoms with Crippen molar-refractivity contribution in [1.82, 2.24) is 0 Å². The normalized spacial score (nSPS) is 20.9. The van der Waals surface area contributed by atoms with Crippen LogP contribution < -0.4 is 5.32 Å². The lowest BCUT2D eigenvalue weighted by Gasteiger charge is -2.10. The Kier molecular flexibility index (Phi) is 2.18. The van der Waals surface area contributed by atoms with Gasteiger partial charge in [0.1, 0.15) is 6.04 Å². The van der Waals surface area contributed by atoms with Crippen LogP contribution >= 0.6 is 0 Å². The summed E-state index contributed by atoms with van der Waals surface area (Å²) in [6, 6.07) is 16.1. The zero-order chi connectivity index (χ0) is 10.1. The van der Waals surface area contributed by atoms with E-state index in [1.165, 1.54) is 35.7 Å². The molecule has 2 aromatic rings. The van der Waals surface area contributed by atoms with Crippen LogP contribution in [0, 0.1) is 0 Å². The van der Waals surface area contributed by atoms with Gasteiger partial charge in [0.05, 0.1) is 6.54 Å². The van der Waals surface area contributed by atoms with Crippen LogP contribution in [0.5, 0.6) is 0 Å². The minimum atomic E-state index is 0.691. The van der Waals surface area contributed by atoms with Crippen molar-refractivity contribution in [2.24, 2.45) is 0 Å². The van der Waals surface area contributed by atoms with Crippen LogP contribution in [0.4, 0.5) is 0 Å². The largest absolute Gasteiger partial charge is 0.340 e. The van der Waals surface area contributed by atoms with Gasteiger partial charge < -0.3 is 5.32 Å².